The molecule has 0 saturated carbocycles. The number of aryl methyl sites for hydroxylation is 2. The van der Waals surface area contributed by atoms with Gasteiger partial charge in [-0.25, -0.2) is 4.98 Å². The Balaban J connectivity index is 2.08. The molecule has 0 aliphatic heterocycles. The van der Waals surface area contributed by atoms with Crippen LogP contribution >= 0.6 is 11.3 Å². The SMILES string of the molecule is CCc1nc(CC(N)c2ccc(C(C)C)cc2)sc1C. The molecule has 3 heteroatoms. The predicted octanol–water partition coefficient (Wildman–Crippen LogP) is 4.38. The van der Waals surface area contributed by atoms with Crippen LogP contribution in [-0.2, 0) is 12.8 Å². The Morgan fingerprint density at radius 1 is 1.15 bits per heavy atom. The third kappa shape index (κ3) is 3.47. The van der Waals surface area contributed by atoms with Crippen molar-refractivity contribution in [1.29, 1.82) is 0 Å². The summed E-state index contributed by atoms with van der Waals surface area (Å²) >= 11 is 1.78. The van der Waals surface area contributed by atoms with Crippen LogP contribution in [0.4, 0.5) is 0 Å². The summed E-state index contributed by atoms with van der Waals surface area (Å²) in [5.41, 5.74) is 10.1. The van der Waals surface area contributed by atoms with Gasteiger partial charge in [0.05, 0.1) is 10.7 Å². The van der Waals surface area contributed by atoms with Gasteiger partial charge < -0.3 is 5.73 Å². The largest absolute Gasteiger partial charge is 0.324 e. The summed E-state index contributed by atoms with van der Waals surface area (Å²) in [6, 6.07) is 8.71. The average Bonchev–Trinajstić information content (AvgIpc) is 2.78. The predicted molar refractivity (Wildman–Crippen MR) is 87.4 cm³/mol. The average molecular weight is 288 g/mol. The number of aromatic nitrogens is 1. The fraction of sp³-hybridized carbons (Fsp3) is 0.471. The molecule has 1 atom stereocenters. The molecular weight excluding hydrogens is 264 g/mol. The summed E-state index contributed by atoms with van der Waals surface area (Å²) in [5.74, 6) is 0.564. The maximum Gasteiger partial charge on any atom is 0.0949 e. The molecule has 0 amide bonds. The quantitative estimate of drug-likeness (QED) is 0.886. The van der Waals surface area contributed by atoms with Crippen LogP contribution in [0, 0.1) is 6.92 Å². The molecule has 2 rings (SSSR count). The molecule has 0 spiro atoms. The van der Waals surface area contributed by atoms with Gasteiger partial charge in [-0.3, -0.25) is 0 Å². The van der Waals surface area contributed by atoms with Gasteiger partial charge in [-0.15, -0.1) is 11.3 Å². The first-order valence-electron chi connectivity index (χ1n) is 7.31. The van der Waals surface area contributed by atoms with Gasteiger partial charge in [0.1, 0.15) is 0 Å². The highest BCUT2D eigenvalue weighted by Crippen LogP contribution is 2.24. The van der Waals surface area contributed by atoms with Gasteiger partial charge >= 0.3 is 0 Å². The van der Waals surface area contributed by atoms with E-state index in [4.69, 9.17) is 5.73 Å². The van der Waals surface area contributed by atoms with Crippen LogP contribution < -0.4 is 5.73 Å². The van der Waals surface area contributed by atoms with E-state index in [1.165, 1.54) is 21.7 Å². The minimum absolute atomic E-state index is 0.0338. The molecule has 0 bridgehead atoms. The molecule has 1 heterocycles. The topological polar surface area (TPSA) is 38.9 Å². The lowest BCUT2D eigenvalue weighted by Gasteiger charge is -2.12. The van der Waals surface area contributed by atoms with Crippen molar-refractivity contribution in [2.75, 3.05) is 0 Å². The van der Waals surface area contributed by atoms with Crippen LogP contribution in [0.2, 0.25) is 0 Å². The second kappa shape index (κ2) is 6.51. The van der Waals surface area contributed by atoms with Crippen LogP contribution in [-0.4, -0.2) is 4.98 Å². The minimum Gasteiger partial charge on any atom is -0.324 e. The lowest BCUT2D eigenvalue weighted by atomic mass is 9.98. The number of hydrogen-bond acceptors (Lipinski definition) is 3. The molecule has 0 fully saturated rings. The van der Waals surface area contributed by atoms with E-state index in [0.717, 1.165) is 17.8 Å². The van der Waals surface area contributed by atoms with E-state index in [9.17, 15) is 0 Å². The van der Waals surface area contributed by atoms with Gasteiger partial charge in [0.25, 0.3) is 0 Å². The Bertz CT molecular complexity index is 555. The third-order valence-electron chi connectivity index (χ3n) is 3.70. The Kier molecular flexibility index (Phi) is 4.95. The Hall–Kier alpha value is -1.19. The van der Waals surface area contributed by atoms with E-state index in [-0.39, 0.29) is 6.04 Å². The van der Waals surface area contributed by atoms with Crippen molar-refractivity contribution in [1.82, 2.24) is 4.98 Å². The zero-order valence-corrected chi connectivity index (χ0v) is 13.6. The maximum absolute atomic E-state index is 6.32. The molecule has 0 aliphatic rings. The lowest BCUT2D eigenvalue weighted by Crippen LogP contribution is -2.13. The monoisotopic (exact) mass is 288 g/mol. The standard InChI is InChI=1S/C17H24N2S/c1-5-16-12(4)20-17(19-16)10-15(18)14-8-6-13(7-9-14)11(2)3/h6-9,11,15H,5,10,18H2,1-4H3. The minimum atomic E-state index is 0.0338. The van der Waals surface area contributed by atoms with E-state index in [2.05, 4.69) is 56.9 Å². The molecule has 20 heavy (non-hydrogen) atoms. The molecule has 1 unspecified atom stereocenters. The van der Waals surface area contributed by atoms with Crippen molar-refractivity contribution in [2.45, 2.75) is 52.5 Å². The van der Waals surface area contributed by atoms with Gasteiger partial charge in [0.2, 0.25) is 0 Å². The molecule has 1 aromatic carbocycles. The first kappa shape index (κ1) is 15.2. The normalized spacial score (nSPS) is 12.9. The molecule has 0 aliphatic carbocycles. The molecule has 1 aromatic heterocycles. The molecule has 2 N–H and O–H groups in total. The summed E-state index contributed by atoms with van der Waals surface area (Å²) in [5, 5.41) is 1.15. The molecule has 0 radical (unpaired) electrons. The third-order valence-corrected chi connectivity index (χ3v) is 4.73. The fourth-order valence-corrected chi connectivity index (χ4v) is 3.42. The number of thiazole rings is 1. The van der Waals surface area contributed by atoms with Crippen molar-refractivity contribution in [3.05, 3.63) is 51.0 Å². The van der Waals surface area contributed by atoms with Gasteiger partial charge in [-0.05, 0) is 30.4 Å². The highest BCUT2D eigenvalue weighted by molar-refractivity contribution is 7.11. The second-order valence-electron chi connectivity index (χ2n) is 5.60. The van der Waals surface area contributed by atoms with Gasteiger partial charge in [-0.2, -0.15) is 0 Å². The van der Waals surface area contributed by atoms with Crippen molar-refractivity contribution in [3.8, 4) is 0 Å². The lowest BCUT2D eigenvalue weighted by molar-refractivity contribution is 0.714. The maximum atomic E-state index is 6.32. The van der Waals surface area contributed by atoms with Gasteiger partial charge in [-0.1, -0.05) is 45.0 Å². The number of nitrogens with two attached hydrogens (primary N) is 1. The molecule has 2 aromatic rings. The Labute approximate surface area is 126 Å². The summed E-state index contributed by atoms with van der Waals surface area (Å²) in [6.45, 7) is 8.71. The van der Waals surface area contributed by atoms with E-state index < -0.39 is 0 Å². The van der Waals surface area contributed by atoms with Crippen molar-refractivity contribution < 1.29 is 0 Å². The number of rotatable bonds is 5. The van der Waals surface area contributed by atoms with E-state index in [1.807, 2.05) is 0 Å². The zero-order chi connectivity index (χ0) is 14.7. The smallest absolute Gasteiger partial charge is 0.0949 e. The van der Waals surface area contributed by atoms with Crippen LogP contribution in [0.1, 0.15) is 59.4 Å². The highest BCUT2D eigenvalue weighted by atomic mass is 32.1. The molecule has 2 nitrogen and oxygen atoms in total. The van der Waals surface area contributed by atoms with Gasteiger partial charge in [0.15, 0.2) is 0 Å². The van der Waals surface area contributed by atoms with Crippen molar-refractivity contribution in [2.24, 2.45) is 5.73 Å². The van der Waals surface area contributed by atoms with Crippen molar-refractivity contribution >= 4 is 11.3 Å². The summed E-state index contributed by atoms with van der Waals surface area (Å²) in [4.78, 5) is 6.00. The first-order valence-corrected chi connectivity index (χ1v) is 8.13. The number of hydrogen-bond donors (Lipinski definition) is 1. The second-order valence-corrected chi connectivity index (χ2v) is 6.88. The molecule has 108 valence electrons. The molecular formula is C17H24N2S. The Morgan fingerprint density at radius 3 is 2.25 bits per heavy atom. The van der Waals surface area contributed by atoms with Crippen LogP contribution in [0.25, 0.3) is 0 Å². The number of nitrogens with zero attached hydrogens (tertiary/aromatic N) is 1. The first-order chi connectivity index (χ1) is 9.51. The van der Waals surface area contributed by atoms with Crippen LogP contribution in [0.5, 0.6) is 0 Å². The Morgan fingerprint density at radius 2 is 1.75 bits per heavy atom. The highest BCUT2D eigenvalue weighted by Gasteiger charge is 2.12. The van der Waals surface area contributed by atoms with Crippen LogP contribution in [0.3, 0.4) is 0 Å². The van der Waals surface area contributed by atoms with E-state index >= 15 is 0 Å². The summed E-state index contributed by atoms with van der Waals surface area (Å²) in [6.07, 6.45) is 1.83. The van der Waals surface area contributed by atoms with E-state index in [0.29, 0.717) is 5.92 Å². The summed E-state index contributed by atoms with van der Waals surface area (Å²) in [7, 11) is 0. The molecule has 0 saturated heterocycles. The number of benzene rings is 1. The van der Waals surface area contributed by atoms with Gasteiger partial charge in [0, 0.05) is 17.3 Å². The zero-order valence-electron chi connectivity index (χ0n) is 12.8. The fourth-order valence-electron chi connectivity index (χ4n) is 2.34. The summed E-state index contributed by atoms with van der Waals surface area (Å²) < 4.78 is 0. The van der Waals surface area contributed by atoms with Crippen LogP contribution in [0.15, 0.2) is 24.3 Å². The van der Waals surface area contributed by atoms with E-state index in [1.54, 1.807) is 11.3 Å². The van der Waals surface area contributed by atoms with Crippen molar-refractivity contribution in [3.63, 3.8) is 0 Å².